The number of aryl methyl sites for hydroxylation is 2. The second-order valence-corrected chi connectivity index (χ2v) is 8.21. The summed E-state index contributed by atoms with van der Waals surface area (Å²) in [6.45, 7) is 8.06. The van der Waals surface area contributed by atoms with E-state index in [-0.39, 0.29) is 47.9 Å². The van der Waals surface area contributed by atoms with Gasteiger partial charge in [-0.3, -0.25) is 19.0 Å². The Kier molecular flexibility index (Phi) is 6.75. The van der Waals surface area contributed by atoms with Crippen molar-refractivity contribution in [2.75, 3.05) is 0 Å². The smallest absolute Gasteiger partial charge is 1.00 e. The summed E-state index contributed by atoms with van der Waals surface area (Å²) < 4.78 is 2.50. The first-order chi connectivity index (χ1) is 12.6. The summed E-state index contributed by atoms with van der Waals surface area (Å²) in [6.07, 6.45) is 0.341. The number of nitrogens with zero attached hydrogens (tertiary/aromatic N) is 3. The van der Waals surface area contributed by atoms with Gasteiger partial charge in [-0.1, -0.05) is 13.8 Å². The summed E-state index contributed by atoms with van der Waals surface area (Å²) in [5.41, 5.74) is 1.52. The molecule has 0 amide bonds. The minimum absolute atomic E-state index is 0. The van der Waals surface area contributed by atoms with E-state index in [1.165, 1.54) is 23.0 Å². The molecule has 3 heterocycles. The quantitative estimate of drug-likeness (QED) is 0.529. The molecule has 0 saturated heterocycles. The maximum Gasteiger partial charge on any atom is 1.00 e. The van der Waals surface area contributed by atoms with Crippen molar-refractivity contribution in [3.05, 3.63) is 48.2 Å². The number of nitrogens with one attached hydrogen (secondary N) is 1. The third-order valence-electron chi connectivity index (χ3n) is 4.62. The second-order valence-electron chi connectivity index (χ2n) is 7.13. The van der Waals surface area contributed by atoms with Crippen molar-refractivity contribution in [2.24, 2.45) is 13.0 Å². The first kappa shape index (κ1) is 22.6. The first-order valence-corrected chi connectivity index (χ1v) is 9.44. The molecule has 3 rings (SSSR count). The van der Waals surface area contributed by atoms with Crippen molar-refractivity contribution in [3.63, 3.8) is 0 Å². The Morgan fingerprint density at radius 3 is 2.46 bits per heavy atom. The standard InChI is InChI=1S/C18H22N4O4S.Na.H/c1-8(2)7-22-16-14(15(23)21(5)18(22)26)13(17(24)25)12(27-16)6-11-9(3)19-20-10(11)4;;/h8H,6-7H2,1-5H3,(H,19,20)(H,24,25);;/q;+1;-1. The molecule has 10 heteroatoms. The number of aromatic nitrogens is 4. The number of aromatic amines is 1. The SMILES string of the molecule is Cc1n[nH]c(C)c1Cc1sc2c(c1C(=O)O)c(=O)n(C)c(=O)n2CC(C)C.[H-].[Na+]. The molecule has 0 saturated carbocycles. The van der Waals surface area contributed by atoms with E-state index in [1.54, 1.807) is 0 Å². The Balaban J connectivity index is 0.00000210. The van der Waals surface area contributed by atoms with Crippen molar-refractivity contribution >= 4 is 27.5 Å². The van der Waals surface area contributed by atoms with E-state index in [0.717, 1.165) is 21.5 Å². The maximum absolute atomic E-state index is 12.7. The normalized spacial score (nSPS) is 11.2. The third-order valence-corrected chi connectivity index (χ3v) is 5.84. The zero-order valence-electron chi connectivity index (χ0n) is 17.9. The monoisotopic (exact) mass is 414 g/mol. The molecule has 0 unspecified atom stereocenters. The van der Waals surface area contributed by atoms with Crippen LogP contribution in [0.15, 0.2) is 9.59 Å². The van der Waals surface area contributed by atoms with Crippen molar-refractivity contribution in [3.8, 4) is 0 Å². The minimum atomic E-state index is -1.16. The van der Waals surface area contributed by atoms with Crippen molar-refractivity contribution < 1.29 is 40.9 Å². The Labute approximate surface area is 189 Å². The number of carbonyl (C=O) groups is 1. The number of H-pyrrole nitrogens is 1. The summed E-state index contributed by atoms with van der Waals surface area (Å²) in [4.78, 5) is 38.4. The zero-order chi connectivity index (χ0) is 20.0. The van der Waals surface area contributed by atoms with E-state index < -0.39 is 17.2 Å². The van der Waals surface area contributed by atoms with E-state index in [0.29, 0.717) is 22.7 Å². The fraction of sp³-hybridized carbons (Fsp3) is 0.444. The molecule has 3 aromatic rings. The van der Waals surface area contributed by atoms with Gasteiger partial charge in [0.1, 0.15) is 4.83 Å². The molecule has 0 aliphatic carbocycles. The van der Waals surface area contributed by atoms with E-state index in [4.69, 9.17) is 0 Å². The fourth-order valence-electron chi connectivity index (χ4n) is 3.25. The molecule has 3 aromatic heterocycles. The van der Waals surface area contributed by atoms with Crippen LogP contribution < -0.4 is 40.8 Å². The predicted molar refractivity (Wildman–Crippen MR) is 105 cm³/mol. The Morgan fingerprint density at radius 1 is 1.32 bits per heavy atom. The minimum Gasteiger partial charge on any atom is -1.00 e. The number of carboxylic acids is 1. The van der Waals surface area contributed by atoms with Gasteiger partial charge in [0.15, 0.2) is 0 Å². The molecule has 0 spiro atoms. The summed E-state index contributed by atoms with van der Waals surface area (Å²) in [5, 5.41) is 17.0. The van der Waals surface area contributed by atoms with E-state index in [1.807, 2.05) is 27.7 Å². The number of fused-ring (bicyclic) bond motifs is 1. The van der Waals surface area contributed by atoms with Gasteiger partial charge < -0.3 is 6.53 Å². The van der Waals surface area contributed by atoms with Crippen LogP contribution in [-0.2, 0) is 20.0 Å². The van der Waals surface area contributed by atoms with Gasteiger partial charge >= 0.3 is 41.2 Å². The Morgan fingerprint density at radius 2 is 1.96 bits per heavy atom. The van der Waals surface area contributed by atoms with Gasteiger partial charge in [-0.2, -0.15) is 5.10 Å². The van der Waals surface area contributed by atoms with Gasteiger partial charge in [-0.25, -0.2) is 9.59 Å². The van der Waals surface area contributed by atoms with Gasteiger partial charge in [0.25, 0.3) is 5.56 Å². The average Bonchev–Trinajstić information content (AvgIpc) is 3.12. The van der Waals surface area contributed by atoms with E-state index in [9.17, 15) is 19.5 Å². The average molecular weight is 414 g/mol. The van der Waals surface area contributed by atoms with Crippen LogP contribution in [0.5, 0.6) is 0 Å². The predicted octanol–water partition coefficient (Wildman–Crippen LogP) is -0.837. The molecule has 0 bridgehead atoms. The van der Waals surface area contributed by atoms with E-state index >= 15 is 0 Å². The van der Waals surface area contributed by atoms with Crippen LogP contribution in [0.2, 0.25) is 0 Å². The molecule has 0 aliphatic heterocycles. The summed E-state index contributed by atoms with van der Waals surface area (Å²) in [5.74, 6) is -0.998. The number of carboxylic acid groups (broad SMARTS) is 1. The molecule has 146 valence electrons. The Hall–Kier alpha value is -1.68. The van der Waals surface area contributed by atoms with Crippen LogP contribution >= 0.6 is 11.3 Å². The number of rotatable bonds is 5. The van der Waals surface area contributed by atoms with Gasteiger partial charge in [-0.15, -0.1) is 11.3 Å². The molecular weight excluding hydrogens is 391 g/mol. The number of aromatic carboxylic acids is 1. The maximum atomic E-state index is 12.7. The van der Waals surface area contributed by atoms with Crippen LogP contribution in [-0.4, -0.2) is 30.4 Å². The van der Waals surface area contributed by atoms with Gasteiger partial charge in [-0.05, 0) is 19.8 Å². The molecule has 0 radical (unpaired) electrons. The summed E-state index contributed by atoms with van der Waals surface area (Å²) >= 11 is 1.20. The molecule has 0 aromatic carbocycles. The van der Waals surface area contributed by atoms with E-state index in [2.05, 4.69) is 10.2 Å². The van der Waals surface area contributed by atoms with Crippen molar-refractivity contribution in [1.29, 1.82) is 0 Å². The molecule has 0 aliphatic rings. The molecule has 0 fully saturated rings. The van der Waals surface area contributed by atoms with Crippen molar-refractivity contribution in [1.82, 2.24) is 19.3 Å². The number of hydrogen-bond donors (Lipinski definition) is 2. The second kappa shape index (κ2) is 8.36. The van der Waals surface area contributed by atoms with Gasteiger partial charge in [0, 0.05) is 36.1 Å². The Bertz CT molecular complexity index is 1160. The van der Waals surface area contributed by atoms with Crippen LogP contribution in [0.3, 0.4) is 0 Å². The van der Waals surface area contributed by atoms with Crippen LogP contribution in [0, 0.1) is 19.8 Å². The molecular formula is C18H23N4NaO4S. The number of thiophene rings is 1. The fourth-order valence-corrected chi connectivity index (χ4v) is 4.54. The molecule has 28 heavy (non-hydrogen) atoms. The summed E-state index contributed by atoms with van der Waals surface area (Å²) in [6, 6.07) is 0. The largest absolute Gasteiger partial charge is 1.00 e. The van der Waals surface area contributed by atoms with Gasteiger partial charge in [0.2, 0.25) is 0 Å². The van der Waals surface area contributed by atoms with Gasteiger partial charge in [0.05, 0.1) is 16.6 Å². The van der Waals surface area contributed by atoms with Crippen LogP contribution in [0.1, 0.15) is 47.5 Å². The van der Waals surface area contributed by atoms with Crippen LogP contribution in [0.4, 0.5) is 0 Å². The third kappa shape index (κ3) is 3.76. The van der Waals surface area contributed by atoms with Crippen molar-refractivity contribution in [2.45, 2.75) is 40.7 Å². The topological polar surface area (TPSA) is 110 Å². The molecule has 2 N–H and O–H groups in total. The molecule has 8 nitrogen and oxygen atoms in total. The zero-order valence-corrected chi connectivity index (χ0v) is 19.7. The number of hydrogen-bond acceptors (Lipinski definition) is 5. The molecule has 0 atom stereocenters. The van der Waals surface area contributed by atoms with Crippen LogP contribution in [0.25, 0.3) is 10.2 Å². The first-order valence-electron chi connectivity index (χ1n) is 8.62. The summed E-state index contributed by atoms with van der Waals surface area (Å²) in [7, 11) is 1.38.